The topological polar surface area (TPSA) is 93.0 Å². The molecule has 4 aromatic rings. The monoisotopic (exact) mass is 371 g/mol. The van der Waals surface area contributed by atoms with Crippen LogP contribution in [-0.2, 0) is 16.3 Å². The maximum atomic E-state index is 14.0. The lowest BCUT2D eigenvalue weighted by Crippen LogP contribution is -1.99. The Hall–Kier alpha value is -3.07. The first-order valence-electron chi connectivity index (χ1n) is 7.75. The van der Waals surface area contributed by atoms with Crippen molar-refractivity contribution < 1.29 is 12.8 Å². The van der Waals surface area contributed by atoms with Crippen LogP contribution in [0.1, 0.15) is 11.3 Å². The summed E-state index contributed by atoms with van der Waals surface area (Å²) in [6.07, 6.45) is 3.12. The van der Waals surface area contributed by atoms with Crippen molar-refractivity contribution in [1.29, 1.82) is 0 Å². The number of nitrogens with zero attached hydrogens (tertiary/aromatic N) is 4. The van der Waals surface area contributed by atoms with Gasteiger partial charge >= 0.3 is 0 Å². The number of pyridine rings is 1. The minimum atomic E-state index is -3.51. The van der Waals surface area contributed by atoms with Gasteiger partial charge in [-0.3, -0.25) is 4.40 Å². The lowest BCUT2D eigenvalue weighted by atomic mass is 10.1. The third kappa shape index (κ3) is 2.86. The summed E-state index contributed by atoms with van der Waals surface area (Å²) >= 11 is 0. The molecule has 0 bridgehead atoms. The van der Waals surface area contributed by atoms with Gasteiger partial charge in [0.15, 0.2) is 5.82 Å². The van der Waals surface area contributed by atoms with Gasteiger partial charge in [0.05, 0.1) is 11.2 Å². The quantitative estimate of drug-likeness (QED) is 0.594. The molecule has 26 heavy (non-hydrogen) atoms. The Balaban J connectivity index is 1.84. The van der Waals surface area contributed by atoms with Gasteiger partial charge in [-0.1, -0.05) is 24.3 Å². The van der Waals surface area contributed by atoms with Gasteiger partial charge in [0.1, 0.15) is 5.82 Å². The third-order valence-corrected chi connectivity index (χ3v) is 4.84. The number of aromatic amines is 1. The number of aromatic nitrogens is 5. The molecule has 0 unspecified atom stereocenters. The van der Waals surface area contributed by atoms with Gasteiger partial charge in [-0.25, -0.2) is 22.9 Å². The molecule has 0 saturated carbocycles. The molecule has 4 rings (SSSR count). The molecule has 1 N–H and O–H groups in total. The highest BCUT2D eigenvalue weighted by Gasteiger charge is 2.20. The Morgan fingerprint density at radius 1 is 1.12 bits per heavy atom. The Labute approximate surface area is 148 Å². The van der Waals surface area contributed by atoms with Gasteiger partial charge in [0.25, 0.3) is 0 Å². The Bertz CT molecular complexity index is 1210. The fraction of sp³-hybridized carbons (Fsp3) is 0.118. The number of halogens is 1. The molecule has 0 fully saturated rings. The summed E-state index contributed by atoms with van der Waals surface area (Å²) in [6.45, 7) is 0. The second-order valence-corrected chi connectivity index (χ2v) is 7.77. The van der Waals surface area contributed by atoms with Crippen molar-refractivity contribution >= 4 is 15.4 Å². The first-order chi connectivity index (χ1) is 12.4. The number of hydrogen-bond donors (Lipinski definition) is 1. The minimum Gasteiger partial charge on any atom is -0.297 e. The molecule has 1 aromatic carbocycles. The highest BCUT2D eigenvalue weighted by molar-refractivity contribution is 7.90. The Morgan fingerprint density at radius 2 is 1.88 bits per heavy atom. The molecule has 7 nitrogen and oxygen atoms in total. The van der Waals surface area contributed by atoms with Crippen molar-refractivity contribution in [2.75, 3.05) is 6.26 Å². The van der Waals surface area contributed by atoms with E-state index in [4.69, 9.17) is 0 Å². The van der Waals surface area contributed by atoms with Crippen LogP contribution in [0.2, 0.25) is 0 Å². The molecule has 3 aromatic heterocycles. The lowest BCUT2D eigenvalue weighted by Gasteiger charge is -2.01. The molecule has 9 heteroatoms. The predicted molar refractivity (Wildman–Crippen MR) is 92.9 cm³/mol. The maximum Gasteiger partial charge on any atom is 0.243 e. The highest BCUT2D eigenvalue weighted by atomic mass is 32.2. The van der Waals surface area contributed by atoms with E-state index in [0.717, 1.165) is 11.8 Å². The summed E-state index contributed by atoms with van der Waals surface area (Å²) in [5, 5.41) is 6.16. The van der Waals surface area contributed by atoms with Crippen LogP contribution in [0.15, 0.2) is 53.8 Å². The normalized spacial score (nSPS) is 11.9. The summed E-state index contributed by atoms with van der Waals surface area (Å²) in [5.41, 5.74) is 1.95. The number of hydrogen-bond acceptors (Lipinski definition) is 5. The predicted octanol–water partition coefficient (Wildman–Crippen LogP) is 2.25. The van der Waals surface area contributed by atoms with E-state index in [1.165, 1.54) is 6.07 Å². The third-order valence-electron chi connectivity index (χ3n) is 3.96. The van der Waals surface area contributed by atoms with E-state index in [1.54, 1.807) is 28.8 Å². The fourth-order valence-corrected chi connectivity index (χ4v) is 3.19. The number of nitrogens with one attached hydrogen (secondary N) is 1. The van der Waals surface area contributed by atoms with Crippen molar-refractivity contribution in [1.82, 2.24) is 24.6 Å². The first kappa shape index (κ1) is 16.4. The van der Waals surface area contributed by atoms with Crippen LogP contribution in [-0.4, -0.2) is 39.2 Å². The van der Waals surface area contributed by atoms with E-state index in [1.807, 2.05) is 18.2 Å². The van der Waals surface area contributed by atoms with Crippen molar-refractivity contribution in [2.24, 2.45) is 0 Å². The SMILES string of the molecule is CS(=O)(=O)c1nc(-c2nc(Cc3ccccc3F)c3ccccn23)n[nH]1. The molecule has 0 amide bonds. The van der Waals surface area contributed by atoms with Crippen LogP contribution in [0.4, 0.5) is 4.39 Å². The molecule has 0 spiro atoms. The maximum absolute atomic E-state index is 14.0. The van der Waals surface area contributed by atoms with E-state index in [9.17, 15) is 12.8 Å². The zero-order valence-electron chi connectivity index (χ0n) is 13.7. The van der Waals surface area contributed by atoms with E-state index >= 15 is 0 Å². The molecule has 0 atom stereocenters. The van der Waals surface area contributed by atoms with E-state index in [-0.39, 0.29) is 16.8 Å². The summed E-state index contributed by atoms with van der Waals surface area (Å²) in [5.74, 6) is 0.243. The van der Waals surface area contributed by atoms with Gasteiger partial charge in [-0.15, -0.1) is 5.10 Å². The molecule has 3 heterocycles. The van der Waals surface area contributed by atoms with Crippen LogP contribution < -0.4 is 0 Å². The molecular formula is C17H14FN5O2S. The summed E-state index contributed by atoms with van der Waals surface area (Å²) in [7, 11) is -3.51. The number of benzene rings is 1. The van der Waals surface area contributed by atoms with Gasteiger partial charge in [-0.2, -0.15) is 4.98 Å². The minimum absolute atomic E-state index is 0.159. The van der Waals surface area contributed by atoms with Crippen LogP contribution >= 0.6 is 0 Å². The molecule has 132 valence electrons. The Morgan fingerprint density at radius 3 is 2.62 bits per heavy atom. The molecule has 0 aliphatic rings. The fourth-order valence-electron chi connectivity index (χ4n) is 2.72. The highest BCUT2D eigenvalue weighted by Crippen LogP contribution is 2.23. The standard InChI is InChI=1S/C17H14FN5O2S/c1-26(24,25)17-20-15(21-22-17)16-19-13(14-8-4-5-9-23(14)16)10-11-6-2-3-7-12(11)18/h2-9H,10H2,1H3,(H,20,21,22). The zero-order valence-corrected chi connectivity index (χ0v) is 14.5. The van der Waals surface area contributed by atoms with Gasteiger partial charge < -0.3 is 0 Å². The summed E-state index contributed by atoms with van der Waals surface area (Å²) in [6, 6.07) is 12.0. The molecule has 0 aliphatic heterocycles. The smallest absolute Gasteiger partial charge is 0.243 e. The number of rotatable bonds is 4. The largest absolute Gasteiger partial charge is 0.297 e. The van der Waals surface area contributed by atoms with Crippen LogP contribution in [0.3, 0.4) is 0 Å². The molecule has 0 radical (unpaired) electrons. The Kier molecular flexibility index (Phi) is 3.80. The lowest BCUT2D eigenvalue weighted by molar-refractivity contribution is 0.593. The first-order valence-corrected chi connectivity index (χ1v) is 9.65. The number of H-pyrrole nitrogens is 1. The average Bonchev–Trinajstić information content (AvgIpc) is 3.22. The van der Waals surface area contributed by atoms with Crippen molar-refractivity contribution in [3.05, 3.63) is 65.7 Å². The summed E-state index contributed by atoms with van der Waals surface area (Å²) in [4.78, 5) is 8.58. The van der Waals surface area contributed by atoms with Crippen LogP contribution in [0, 0.1) is 5.82 Å². The summed E-state index contributed by atoms with van der Waals surface area (Å²) < 4.78 is 39.0. The van der Waals surface area contributed by atoms with Crippen LogP contribution in [0.5, 0.6) is 0 Å². The van der Waals surface area contributed by atoms with Gasteiger partial charge in [0, 0.05) is 18.9 Å². The van der Waals surface area contributed by atoms with E-state index in [0.29, 0.717) is 23.5 Å². The number of sulfone groups is 1. The second-order valence-electron chi connectivity index (χ2n) is 5.84. The number of imidazole rings is 1. The van der Waals surface area contributed by atoms with Gasteiger partial charge in [0.2, 0.25) is 20.8 Å². The van der Waals surface area contributed by atoms with Crippen LogP contribution in [0.25, 0.3) is 17.2 Å². The second kappa shape index (κ2) is 6.03. The number of fused-ring (bicyclic) bond motifs is 1. The molecule has 0 saturated heterocycles. The van der Waals surface area contributed by atoms with Crippen molar-refractivity contribution in [3.63, 3.8) is 0 Å². The van der Waals surface area contributed by atoms with E-state index in [2.05, 4.69) is 20.2 Å². The van der Waals surface area contributed by atoms with Gasteiger partial charge in [-0.05, 0) is 23.8 Å². The zero-order chi connectivity index (χ0) is 18.3. The molecule has 0 aliphatic carbocycles. The molecular weight excluding hydrogens is 357 g/mol. The van der Waals surface area contributed by atoms with Crippen molar-refractivity contribution in [3.8, 4) is 11.6 Å². The van der Waals surface area contributed by atoms with E-state index < -0.39 is 9.84 Å². The average molecular weight is 371 g/mol. The van der Waals surface area contributed by atoms with Crippen molar-refractivity contribution in [2.45, 2.75) is 11.6 Å².